The number of hydrogen-bond donors (Lipinski definition) is 0. The van der Waals surface area contributed by atoms with Gasteiger partial charge in [0.05, 0.1) is 5.60 Å². The summed E-state index contributed by atoms with van der Waals surface area (Å²) in [7, 11) is 3.37. The monoisotopic (exact) mass is 285 g/mol. The van der Waals surface area contributed by atoms with Gasteiger partial charge in [0.1, 0.15) is 17.6 Å². The molecule has 1 unspecified atom stereocenters. The molecule has 2 rings (SSSR count). The van der Waals surface area contributed by atoms with Crippen LogP contribution in [0.15, 0.2) is 6.07 Å². The highest BCUT2D eigenvalue weighted by atomic mass is 35.5. The first kappa shape index (κ1) is 14.5. The van der Waals surface area contributed by atoms with E-state index in [1.165, 1.54) is 0 Å². The normalized spacial score (nSPS) is 23.7. The Hall–Kier alpha value is -0.910. The first-order valence-electron chi connectivity index (χ1n) is 6.39. The topological polar surface area (TPSA) is 47.5 Å². The van der Waals surface area contributed by atoms with Crippen LogP contribution in [0.4, 0.5) is 5.82 Å². The summed E-state index contributed by atoms with van der Waals surface area (Å²) in [6, 6.07) is 1.79. The van der Waals surface area contributed by atoms with E-state index in [9.17, 15) is 0 Å². The Bertz CT molecular complexity index is 444. The lowest BCUT2D eigenvalue weighted by atomic mass is 9.95. The van der Waals surface area contributed by atoms with Gasteiger partial charge in [-0.2, -0.15) is 0 Å². The molecule has 0 bridgehead atoms. The highest BCUT2D eigenvalue weighted by Gasteiger charge is 2.31. The van der Waals surface area contributed by atoms with Crippen LogP contribution in [0, 0.1) is 0 Å². The summed E-state index contributed by atoms with van der Waals surface area (Å²) in [4.78, 5) is 10.8. The van der Waals surface area contributed by atoms with E-state index >= 15 is 0 Å². The molecule has 19 heavy (non-hydrogen) atoms. The van der Waals surface area contributed by atoms with Gasteiger partial charge in [-0.25, -0.2) is 9.97 Å². The van der Waals surface area contributed by atoms with Gasteiger partial charge in [0.15, 0.2) is 5.82 Å². The van der Waals surface area contributed by atoms with E-state index in [1.807, 2.05) is 0 Å². The summed E-state index contributed by atoms with van der Waals surface area (Å²) in [5, 5.41) is 0.446. The van der Waals surface area contributed by atoms with Crippen molar-refractivity contribution in [1.29, 1.82) is 0 Å². The highest BCUT2D eigenvalue weighted by Crippen LogP contribution is 2.28. The fourth-order valence-corrected chi connectivity index (χ4v) is 2.57. The number of rotatable bonds is 4. The Morgan fingerprint density at radius 2 is 2.21 bits per heavy atom. The second-order valence-electron chi connectivity index (χ2n) is 5.08. The maximum Gasteiger partial charge on any atom is 0.158 e. The Balaban J connectivity index is 2.21. The van der Waals surface area contributed by atoms with Gasteiger partial charge in [-0.05, 0) is 19.8 Å². The number of aromatic nitrogens is 2. The molecule has 0 saturated carbocycles. The zero-order valence-electron chi connectivity index (χ0n) is 11.6. The molecule has 106 valence electrons. The highest BCUT2D eigenvalue weighted by molar-refractivity contribution is 6.29. The number of halogens is 1. The number of piperidine rings is 1. The smallest absolute Gasteiger partial charge is 0.158 e. The van der Waals surface area contributed by atoms with Crippen molar-refractivity contribution in [3.05, 3.63) is 17.0 Å². The minimum Gasteiger partial charge on any atom is -0.377 e. The van der Waals surface area contributed by atoms with Crippen molar-refractivity contribution in [1.82, 2.24) is 9.97 Å². The molecule has 6 heteroatoms. The van der Waals surface area contributed by atoms with E-state index in [2.05, 4.69) is 21.8 Å². The molecule has 1 aromatic rings. The van der Waals surface area contributed by atoms with Crippen LogP contribution in [0.1, 0.15) is 25.6 Å². The van der Waals surface area contributed by atoms with E-state index in [-0.39, 0.29) is 5.60 Å². The fraction of sp³-hybridized carbons (Fsp3) is 0.692. The van der Waals surface area contributed by atoms with Gasteiger partial charge >= 0.3 is 0 Å². The van der Waals surface area contributed by atoms with Gasteiger partial charge in [0, 0.05) is 33.4 Å². The number of anilines is 1. The zero-order valence-corrected chi connectivity index (χ0v) is 12.4. The molecule has 0 spiro atoms. The fourth-order valence-electron chi connectivity index (χ4n) is 2.38. The molecule has 0 amide bonds. The van der Waals surface area contributed by atoms with Gasteiger partial charge < -0.3 is 14.4 Å². The van der Waals surface area contributed by atoms with E-state index in [0.29, 0.717) is 17.6 Å². The first-order chi connectivity index (χ1) is 9.06. The third-order valence-electron chi connectivity index (χ3n) is 3.48. The number of hydrogen-bond acceptors (Lipinski definition) is 5. The van der Waals surface area contributed by atoms with Crippen molar-refractivity contribution in [3.63, 3.8) is 0 Å². The van der Waals surface area contributed by atoms with Crippen LogP contribution in [-0.2, 0) is 16.1 Å². The van der Waals surface area contributed by atoms with Crippen LogP contribution in [0.5, 0.6) is 0 Å². The first-order valence-corrected chi connectivity index (χ1v) is 6.76. The van der Waals surface area contributed by atoms with Crippen LogP contribution in [0.3, 0.4) is 0 Å². The Morgan fingerprint density at radius 3 is 2.89 bits per heavy atom. The van der Waals surface area contributed by atoms with Crippen LogP contribution in [0.2, 0.25) is 5.15 Å². The molecule has 1 atom stereocenters. The lowest BCUT2D eigenvalue weighted by molar-refractivity contribution is -0.00483. The van der Waals surface area contributed by atoms with Gasteiger partial charge in [0.25, 0.3) is 0 Å². The lowest BCUT2D eigenvalue weighted by Crippen LogP contribution is -2.47. The summed E-state index contributed by atoms with van der Waals surface area (Å²) >= 11 is 6.05. The second kappa shape index (κ2) is 6.03. The van der Waals surface area contributed by atoms with Gasteiger partial charge in [0.2, 0.25) is 0 Å². The van der Waals surface area contributed by atoms with Crippen molar-refractivity contribution in [2.45, 2.75) is 32.0 Å². The third-order valence-corrected chi connectivity index (χ3v) is 3.67. The zero-order chi connectivity index (χ0) is 13.9. The average molecular weight is 286 g/mol. The molecule has 0 aromatic carbocycles. The van der Waals surface area contributed by atoms with Gasteiger partial charge in [-0.15, -0.1) is 0 Å². The summed E-state index contributed by atoms with van der Waals surface area (Å²) in [6.45, 7) is 4.25. The van der Waals surface area contributed by atoms with Crippen molar-refractivity contribution in [2.75, 3.05) is 32.2 Å². The summed E-state index contributed by atoms with van der Waals surface area (Å²) < 4.78 is 10.7. The van der Waals surface area contributed by atoms with Crippen molar-refractivity contribution >= 4 is 17.4 Å². The molecule has 1 fully saturated rings. The van der Waals surface area contributed by atoms with E-state index in [1.54, 1.807) is 20.3 Å². The van der Waals surface area contributed by atoms with Crippen LogP contribution in [-0.4, -0.2) is 42.9 Å². The van der Waals surface area contributed by atoms with Gasteiger partial charge in [-0.3, -0.25) is 0 Å². The summed E-state index contributed by atoms with van der Waals surface area (Å²) in [6.07, 6.45) is 2.13. The number of methoxy groups -OCH3 is 2. The van der Waals surface area contributed by atoms with E-state index in [0.717, 1.165) is 31.7 Å². The maximum absolute atomic E-state index is 6.05. The third kappa shape index (κ3) is 3.55. The van der Waals surface area contributed by atoms with E-state index in [4.69, 9.17) is 21.1 Å². The quantitative estimate of drug-likeness (QED) is 0.794. The lowest BCUT2D eigenvalue weighted by Gasteiger charge is -2.40. The number of ether oxygens (including phenoxy) is 2. The molecular weight excluding hydrogens is 266 g/mol. The van der Waals surface area contributed by atoms with Crippen LogP contribution in [0.25, 0.3) is 0 Å². The van der Waals surface area contributed by atoms with E-state index < -0.39 is 0 Å². The standard InChI is InChI=1S/C13H20ClN3O2/c1-13(19-3)5-4-6-17(9-13)12-7-10(14)15-11(16-12)8-18-2/h7H,4-6,8-9H2,1-3H3. The summed E-state index contributed by atoms with van der Waals surface area (Å²) in [5.74, 6) is 1.45. The predicted molar refractivity (Wildman–Crippen MR) is 74.6 cm³/mol. The molecule has 0 N–H and O–H groups in total. The minimum atomic E-state index is -0.128. The van der Waals surface area contributed by atoms with Gasteiger partial charge in [-0.1, -0.05) is 11.6 Å². The van der Waals surface area contributed by atoms with Crippen molar-refractivity contribution < 1.29 is 9.47 Å². The Morgan fingerprint density at radius 1 is 1.42 bits per heavy atom. The van der Waals surface area contributed by atoms with Crippen molar-refractivity contribution in [2.24, 2.45) is 0 Å². The SMILES string of the molecule is COCc1nc(Cl)cc(N2CCCC(C)(OC)C2)n1. The predicted octanol–water partition coefficient (Wildman–Crippen LogP) is 2.28. The van der Waals surface area contributed by atoms with Crippen molar-refractivity contribution in [3.8, 4) is 0 Å². The average Bonchev–Trinajstić information content (AvgIpc) is 2.38. The second-order valence-corrected chi connectivity index (χ2v) is 5.46. The molecule has 0 radical (unpaired) electrons. The number of nitrogens with zero attached hydrogens (tertiary/aromatic N) is 3. The van der Waals surface area contributed by atoms with Crippen LogP contribution < -0.4 is 4.90 Å². The molecular formula is C13H20ClN3O2. The molecule has 0 aliphatic carbocycles. The maximum atomic E-state index is 6.05. The van der Waals surface area contributed by atoms with Crippen LogP contribution >= 0.6 is 11.6 Å². The minimum absolute atomic E-state index is 0.128. The molecule has 1 aromatic heterocycles. The Kier molecular flexibility index (Phi) is 4.60. The molecule has 1 saturated heterocycles. The summed E-state index contributed by atoms with van der Waals surface area (Å²) in [5.41, 5.74) is -0.128. The molecule has 5 nitrogen and oxygen atoms in total. The molecule has 1 aliphatic heterocycles. The molecule has 2 heterocycles. The Labute approximate surface area is 118 Å². The largest absolute Gasteiger partial charge is 0.377 e. The molecule has 1 aliphatic rings.